The third-order valence-electron chi connectivity index (χ3n) is 5.26. The maximum Gasteiger partial charge on any atom is 0.251 e. The molecular weight excluding hydrogens is 342 g/mol. The molecule has 27 heavy (non-hydrogen) atoms. The van der Waals surface area contributed by atoms with Crippen LogP contribution in [-0.2, 0) is 9.59 Å². The number of rotatable bonds is 7. The average molecular weight is 373 g/mol. The zero-order valence-electron chi connectivity index (χ0n) is 16.7. The highest BCUT2D eigenvalue weighted by Gasteiger charge is 2.31. The molecule has 1 aliphatic carbocycles. The smallest absolute Gasteiger partial charge is 0.251 e. The molecule has 148 valence electrons. The summed E-state index contributed by atoms with van der Waals surface area (Å²) in [6, 6.07) is 6.30. The van der Waals surface area contributed by atoms with E-state index in [-0.39, 0.29) is 29.2 Å². The second kappa shape index (κ2) is 9.02. The molecule has 1 fully saturated rings. The van der Waals surface area contributed by atoms with Crippen molar-refractivity contribution in [2.75, 3.05) is 5.32 Å². The summed E-state index contributed by atoms with van der Waals surface area (Å²) in [6.45, 7) is 7.41. The number of carbonyl (C=O) groups excluding carboxylic acids is 3. The lowest BCUT2D eigenvalue weighted by molar-refractivity contribution is -0.126. The third-order valence-corrected chi connectivity index (χ3v) is 5.26. The number of nitrogens with one attached hydrogen (secondary N) is 3. The summed E-state index contributed by atoms with van der Waals surface area (Å²) >= 11 is 0. The minimum Gasteiger partial charge on any atom is -0.347 e. The van der Waals surface area contributed by atoms with Crippen LogP contribution in [0.25, 0.3) is 0 Å². The predicted octanol–water partition coefficient (Wildman–Crippen LogP) is 3.24. The van der Waals surface area contributed by atoms with Crippen LogP contribution in [0.1, 0.15) is 70.2 Å². The van der Waals surface area contributed by atoms with Crippen LogP contribution in [-0.4, -0.2) is 29.3 Å². The lowest BCUT2D eigenvalue weighted by Gasteiger charge is -2.24. The highest BCUT2D eigenvalue weighted by Crippen LogP contribution is 2.28. The predicted molar refractivity (Wildman–Crippen MR) is 106 cm³/mol. The fraction of sp³-hybridized carbons (Fsp3) is 0.571. The second-order valence-corrected chi connectivity index (χ2v) is 7.98. The van der Waals surface area contributed by atoms with Gasteiger partial charge in [-0.2, -0.15) is 0 Å². The summed E-state index contributed by atoms with van der Waals surface area (Å²) in [5, 5.41) is 8.64. The maximum absolute atomic E-state index is 12.7. The van der Waals surface area contributed by atoms with E-state index in [1.807, 2.05) is 20.8 Å². The Morgan fingerprint density at radius 3 is 2.22 bits per heavy atom. The van der Waals surface area contributed by atoms with Crippen LogP contribution in [0.15, 0.2) is 24.3 Å². The van der Waals surface area contributed by atoms with Crippen LogP contribution in [0.3, 0.4) is 0 Å². The van der Waals surface area contributed by atoms with Crippen LogP contribution >= 0.6 is 0 Å². The molecule has 0 unspecified atom stereocenters. The fourth-order valence-electron chi connectivity index (χ4n) is 3.30. The molecule has 1 atom stereocenters. The van der Waals surface area contributed by atoms with Gasteiger partial charge in [0.25, 0.3) is 5.91 Å². The van der Waals surface area contributed by atoms with E-state index in [0.717, 1.165) is 32.1 Å². The Labute approximate surface area is 161 Å². The number of hydrogen-bond donors (Lipinski definition) is 3. The van der Waals surface area contributed by atoms with E-state index in [2.05, 4.69) is 16.0 Å². The monoisotopic (exact) mass is 373 g/mol. The van der Waals surface area contributed by atoms with Gasteiger partial charge in [0.1, 0.15) is 6.04 Å². The fourth-order valence-corrected chi connectivity index (χ4v) is 3.30. The minimum atomic E-state index is -0.515. The Kier molecular flexibility index (Phi) is 6.99. The van der Waals surface area contributed by atoms with E-state index in [4.69, 9.17) is 0 Å². The second-order valence-electron chi connectivity index (χ2n) is 7.98. The van der Waals surface area contributed by atoms with Crippen molar-refractivity contribution >= 4 is 23.4 Å². The normalized spacial score (nSPS) is 15.9. The van der Waals surface area contributed by atoms with Gasteiger partial charge in [0, 0.05) is 23.7 Å². The molecule has 6 nitrogen and oxygen atoms in total. The first kappa shape index (κ1) is 20.9. The van der Waals surface area contributed by atoms with Crippen LogP contribution in [0.5, 0.6) is 0 Å². The van der Waals surface area contributed by atoms with Gasteiger partial charge < -0.3 is 16.0 Å². The minimum absolute atomic E-state index is 0.137. The van der Waals surface area contributed by atoms with Crippen molar-refractivity contribution in [3.05, 3.63) is 29.8 Å². The standard InChI is InChI=1S/C21H31N3O3/c1-5-21(3,4)24-19(26)16-10-12-17(13-11-16)23-20(27)18(22-14(2)25)15-8-6-7-9-15/h10-13,15,18H,5-9H2,1-4H3,(H,22,25)(H,23,27)(H,24,26)/t18-/m0/s1. The molecule has 0 spiro atoms. The van der Waals surface area contributed by atoms with Crippen molar-refractivity contribution in [2.45, 2.75) is 71.4 Å². The highest BCUT2D eigenvalue weighted by molar-refractivity contribution is 5.98. The molecule has 1 aliphatic rings. The van der Waals surface area contributed by atoms with Gasteiger partial charge in [-0.15, -0.1) is 0 Å². The Balaban J connectivity index is 2.02. The van der Waals surface area contributed by atoms with E-state index < -0.39 is 6.04 Å². The van der Waals surface area contributed by atoms with Gasteiger partial charge in [0.05, 0.1) is 0 Å². The SMILES string of the molecule is CCC(C)(C)NC(=O)c1ccc(NC(=O)[C@@H](NC(C)=O)C2CCCC2)cc1. The van der Waals surface area contributed by atoms with E-state index in [0.29, 0.717) is 11.3 Å². The van der Waals surface area contributed by atoms with Crippen LogP contribution < -0.4 is 16.0 Å². The number of benzene rings is 1. The molecule has 1 aromatic carbocycles. The Bertz CT molecular complexity index is 676. The lowest BCUT2D eigenvalue weighted by atomic mass is 9.97. The van der Waals surface area contributed by atoms with Gasteiger partial charge >= 0.3 is 0 Å². The van der Waals surface area contributed by atoms with E-state index >= 15 is 0 Å². The summed E-state index contributed by atoms with van der Waals surface area (Å²) in [4.78, 5) is 36.5. The molecule has 3 N–H and O–H groups in total. The Hall–Kier alpha value is -2.37. The molecule has 1 saturated carbocycles. The summed E-state index contributed by atoms with van der Waals surface area (Å²) in [7, 11) is 0. The van der Waals surface area contributed by atoms with Crippen molar-refractivity contribution in [1.82, 2.24) is 10.6 Å². The van der Waals surface area contributed by atoms with Crippen molar-refractivity contribution in [3.8, 4) is 0 Å². The van der Waals surface area contributed by atoms with E-state index in [1.54, 1.807) is 24.3 Å². The Morgan fingerprint density at radius 1 is 1.11 bits per heavy atom. The summed E-state index contributed by atoms with van der Waals surface area (Å²) in [5.74, 6) is -0.369. The topological polar surface area (TPSA) is 87.3 Å². The molecule has 1 aromatic rings. The number of hydrogen-bond acceptors (Lipinski definition) is 3. The molecule has 2 rings (SSSR count). The molecule has 0 radical (unpaired) electrons. The first-order chi connectivity index (χ1) is 12.7. The zero-order chi connectivity index (χ0) is 20.0. The summed E-state index contributed by atoms with van der Waals surface area (Å²) < 4.78 is 0. The van der Waals surface area contributed by atoms with Crippen molar-refractivity contribution < 1.29 is 14.4 Å². The van der Waals surface area contributed by atoms with Crippen molar-refractivity contribution in [3.63, 3.8) is 0 Å². The van der Waals surface area contributed by atoms with E-state index in [9.17, 15) is 14.4 Å². The summed E-state index contributed by atoms with van der Waals surface area (Å²) in [5.41, 5.74) is 0.889. The molecule has 0 bridgehead atoms. The van der Waals surface area contributed by atoms with Crippen LogP contribution in [0.2, 0.25) is 0 Å². The zero-order valence-corrected chi connectivity index (χ0v) is 16.7. The highest BCUT2D eigenvalue weighted by atomic mass is 16.2. The first-order valence-electron chi connectivity index (χ1n) is 9.72. The van der Waals surface area contributed by atoms with Gasteiger partial charge in [-0.05, 0) is 63.3 Å². The van der Waals surface area contributed by atoms with E-state index in [1.165, 1.54) is 6.92 Å². The quantitative estimate of drug-likeness (QED) is 0.686. The van der Waals surface area contributed by atoms with Gasteiger partial charge in [-0.25, -0.2) is 0 Å². The van der Waals surface area contributed by atoms with Crippen molar-refractivity contribution in [2.24, 2.45) is 5.92 Å². The third kappa shape index (κ3) is 6.08. The molecule has 3 amide bonds. The van der Waals surface area contributed by atoms with Crippen LogP contribution in [0.4, 0.5) is 5.69 Å². The van der Waals surface area contributed by atoms with Gasteiger partial charge in [-0.3, -0.25) is 14.4 Å². The maximum atomic E-state index is 12.7. The number of amides is 3. The first-order valence-corrected chi connectivity index (χ1v) is 9.72. The van der Waals surface area contributed by atoms with Gasteiger partial charge in [-0.1, -0.05) is 19.8 Å². The molecule has 6 heteroatoms. The molecule has 0 aliphatic heterocycles. The number of anilines is 1. The van der Waals surface area contributed by atoms with Gasteiger partial charge in [0.15, 0.2) is 0 Å². The van der Waals surface area contributed by atoms with Crippen molar-refractivity contribution in [1.29, 1.82) is 0 Å². The molecule has 0 heterocycles. The lowest BCUT2D eigenvalue weighted by Crippen LogP contribution is -2.47. The van der Waals surface area contributed by atoms with Crippen LogP contribution in [0, 0.1) is 5.92 Å². The molecule has 0 aromatic heterocycles. The summed E-state index contributed by atoms with van der Waals surface area (Å²) in [6.07, 6.45) is 4.91. The Morgan fingerprint density at radius 2 is 1.70 bits per heavy atom. The largest absolute Gasteiger partial charge is 0.347 e. The van der Waals surface area contributed by atoms with Gasteiger partial charge in [0.2, 0.25) is 11.8 Å². The average Bonchev–Trinajstić information content (AvgIpc) is 3.14. The molecular formula is C21H31N3O3. The molecule has 0 saturated heterocycles. The number of carbonyl (C=O) groups is 3.